The maximum Gasteiger partial charge on any atom is 0.222 e. The molecule has 0 saturated carbocycles. The van der Waals surface area contributed by atoms with Crippen LogP contribution in [0.5, 0.6) is 0 Å². The topological polar surface area (TPSA) is 32.8 Å². The van der Waals surface area contributed by atoms with E-state index in [0.717, 1.165) is 38.5 Å². The molecule has 0 aromatic carbocycles. The van der Waals surface area contributed by atoms with Crippen molar-refractivity contribution >= 4 is 5.91 Å². The van der Waals surface area contributed by atoms with Crippen molar-refractivity contribution in [1.82, 2.24) is 9.80 Å². The minimum atomic E-state index is 0.342. The Morgan fingerprint density at radius 3 is 2.36 bits per heavy atom. The third kappa shape index (κ3) is 5.24. The first kappa shape index (κ1) is 17.7. The van der Waals surface area contributed by atoms with Crippen LogP contribution in [0, 0.1) is 11.8 Å². The van der Waals surface area contributed by atoms with Crippen LogP contribution in [0.2, 0.25) is 0 Å². The lowest BCUT2D eigenvalue weighted by molar-refractivity contribution is -0.137. The minimum absolute atomic E-state index is 0.342. The van der Waals surface area contributed by atoms with Gasteiger partial charge >= 0.3 is 0 Å². The first-order chi connectivity index (χ1) is 10.5. The average Bonchev–Trinajstić information content (AvgIpc) is 2.48. The molecule has 128 valence electrons. The maximum atomic E-state index is 11.9. The predicted octanol–water partition coefficient (Wildman–Crippen LogP) is 2.77. The van der Waals surface area contributed by atoms with E-state index in [9.17, 15) is 4.79 Å². The lowest BCUT2D eigenvalue weighted by Crippen LogP contribution is -2.48. The molecule has 2 saturated heterocycles. The van der Waals surface area contributed by atoms with Crippen LogP contribution in [0.25, 0.3) is 0 Å². The number of hydrogen-bond donors (Lipinski definition) is 0. The Balaban J connectivity index is 1.71. The summed E-state index contributed by atoms with van der Waals surface area (Å²) in [5.41, 5.74) is 0. The molecule has 0 bridgehead atoms. The molecule has 2 rings (SSSR count). The highest BCUT2D eigenvalue weighted by atomic mass is 16.5. The fourth-order valence-electron chi connectivity index (χ4n) is 3.62. The largest absolute Gasteiger partial charge is 0.379 e. The van der Waals surface area contributed by atoms with Gasteiger partial charge in [0.05, 0.1) is 6.10 Å². The summed E-state index contributed by atoms with van der Waals surface area (Å²) in [7, 11) is 0. The van der Waals surface area contributed by atoms with Crippen LogP contribution >= 0.6 is 0 Å². The fourth-order valence-corrected chi connectivity index (χ4v) is 3.62. The molecule has 0 aromatic rings. The molecular formula is C18H34N2O2. The summed E-state index contributed by atoms with van der Waals surface area (Å²) in [5, 5.41) is 0. The number of piperidine rings is 2. The van der Waals surface area contributed by atoms with Crippen molar-refractivity contribution in [3.8, 4) is 0 Å². The number of amides is 1. The molecule has 1 unspecified atom stereocenters. The van der Waals surface area contributed by atoms with Crippen molar-refractivity contribution in [2.45, 2.75) is 65.5 Å². The van der Waals surface area contributed by atoms with E-state index in [1.165, 1.54) is 25.9 Å². The fraction of sp³-hybridized carbons (Fsp3) is 0.944. The van der Waals surface area contributed by atoms with Crippen LogP contribution in [0.4, 0.5) is 0 Å². The molecule has 2 heterocycles. The van der Waals surface area contributed by atoms with Gasteiger partial charge in [0.25, 0.3) is 0 Å². The Bertz CT molecular complexity index is 349. The van der Waals surface area contributed by atoms with Crippen LogP contribution in [0.15, 0.2) is 0 Å². The Morgan fingerprint density at radius 1 is 1.09 bits per heavy atom. The minimum Gasteiger partial charge on any atom is -0.379 e. The smallest absolute Gasteiger partial charge is 0.222 e. The van der Waals surface area contributed by atoms with Crippen LogP contribution in [-0.4, -0.2) is 60.6 Å². The Morgan fingerprint density at radius 2 is 1.77 bits per heavy atom. The molecule has 0 aromatic heterocycles. The van der Waals surface area contributed by atoms with Crippen LogP contribution in [-0.2, 0) is 9.53 Å². The molecule has 1 amide bonds. The van der Waals surface area contributed by atoms with E-state index in [-0.39, 0.29) is 0 Å². The molecule has 2 aliphatic rings. The average molecular weight is 310 g/mol. The third-order valence-corrected chi connectivity index (χ3v) is 5.05. The molecule has 0 spiro atoms. The molecule has 2 fully saturated rings. The van der Waals surface area contributed by atoms with Gasteiger partial charge in [-0.1, -0.05) is 0 Å². The monoisotopic (exact) mass is 310 g/mol. The van der Waals surface area contributed by atoms with Gasteiger partial charge in [0.15, 0.2) is 0 Å². The molecule has 0 N–H and O–H groups in total. The summed E-state index contributed by atoms with van der Waals surface area (Å²) in [6, 6.07) is 0.342. The van der Waals surface area contributed by atoms with Gasteiger partial charge in [-0.3, -0.25) is 4.79 Å². The molecule has 2 aliphatic heterocycles. The second-order valence-corrected chi connectivity index (χ2v) is 7.67. The summed E-state index contributed by atoms with van der Waals surface area (Å²) in [6.07, 6.45) is 4.67. The van der Waals surface area contributed by atoms with Gasteiger partial charge in [-0.05, 0) is 71.9 Å². The highest BCUT2D eigenvalue weighted by molar-refractivity contribution is 5.77. The van der Waals surface area contributed by atoms with E-state index in [2.05, 4.69) is 37.5 Å². The van der Waals surface area contributed by atoms with Crippen LogP contribution in [0.3, 0.4) is 0 Å². The second-order valence-electron chi connectivity index (χ2n) is 7.67. The summed E-state index contributed by atoms with van der Waals surface area (Å²) in [6.45, 7) is 13.9. The SMILES string of the molecule is CC(C)OCC1CCN(CC2CCC(=O)N(C(C)C)C2)CC1. The van der Waals surface area contributed by atoms with Gasteiger partial charge in [0, 0.05) is 32.2 Å². The van der Waals surface area contributed by atoms with Crippen LogP contribution < -0.4 is 0 Å². The van der Waals surface area contributed by atoms with Gasteiger partial charge < -0.3 is 14.5 Å². The lowest BCUT2D eigenvalue weighted by atomic mass is 9.93. The molecule has 4 nitrogen and oxygen atoms in total. The Hall–Kier alpha value is -0.610. The Labute approximate surface area is 136 Å². The van der Waals surface area contributed by atoms with E-state index in [1.54, 1.807) is 0 Å². The zero-order chi connectivity index (χ0) is 16.1. The highest BCUT2D eigenvalue weighted by Gasteiger charge is 2.29. The number of likely N-dealkylation sites (tertiary alicyclic amines) is 2. The van der Waals surface area contributed by atoms with E-state index >= 15 is 0 Å². The zero-order valence-corrected chi connectivity index (χ0v) is 14.9. The summed E-state index contributed by atoms with van der Waals surface area (Å²) < 4.78 is 5.76. The highest BCUT2D eigenvalue weighted by Crippen LogP contribution is 2.24. The molecule has 0 radical (unpaired) electrons. The number of carbonyl (C=O) groups is 1. The molecular weight excluding hydrogens is 276 g/mol. The molecule has 0 aliphatic carbocycles. The van der Waals surface area contributed by atoms with E-state index < -0.39 is 0 Å². The van der Waals surface area contributed by atoms with Gasteiger partial charge in [0.2, 0.25) is 5.91 Å². The number of carbonyl (C=O) groups excluding carboxylic acids is 1. The third-order valence-electron chi connectivity index (χ3n) is 5.05. The quantitative estimate of drug-likeness (QED) is 0.756. The number of nitrogens with zero attached hydrogens (tertiary/aromatic N) is 2. The molecule has 1 atom stereocenters. The summed E-state index contributed by atoms with van der Waals surface area (Å²) in [5.74, 6) is 1.73. The standard InChI is InChI=1S/C18H34N2O2/c1-14(2)20-12-17(5-6-18(20)21)11-19-9-7-16(8-10-19)13-22-15(3)4/h14-17H,5-13H2,1-4H3. The van der Waals surface area contributed by atoms with Gasteiger partial charge in [0.1, 0.15) is 0 Å². The number of ether oxygens (including phenoxy) is 1. The zero-order valence-electron chi connectivity index (χ0n) is 14.9. The van der Waals surface area contributed by atoms with Crippen molar-refractivity contribution in [2.75, 3.05) is 32.8 Å². The van der Waals surface area contributed by atoms with E-state index in [1.807, 2.05) is 0 Å². The first-order valence-electron chi connectivity index (χ1n) is 9.09. The summed E-state index contributed by atoms with van der Waals surface area (Å²) >= 11 is 0. The summed E-state index contributed by atoms with van der Waals surface area (Å²) in [4.78, 5) is 16.6. The molecule has 4 heteroatoms. The van der Waals surface area contributed by atoms with Crippen LogP contribution in [0.1, 0.15) is 53.4 Å². The van der Waals surface area contributed by atoms with Gasteiger partial charge in [-0.15, -0.1) is 0 Å². The normalized spacial score (nSPS) is 25.5. The number of hydrogen-bond acceptors (Lipinski definition) is 3. The van der Waals surface area contributed by atoms with Crippen molar-refractivity contribution in [3.05, 3.63) is 0 Å². The second kappa shape index (κ2) is 8.30. The molecule has 22 heavy (non-hydrogen) atoms. The Kier molecular flexibility index (Phi) is 6.69. The van der Waals surface area contributed by atoms with Crippen molar-refractivity contribution in [2.24, 2.45) is 11.8 Å². The van der Waals surface area contributed by atoms with Crippen molar-refractivity contribution in [1.29, 1.82) is 0 Å². The first-order valence-corrected chi connectivity index (χ1v) is 9.09. The van der Waals surface area contributed by atoms with Gasteiger partial charge in [-0.2, -0.15) is 0 Å². The predicted molar refractivity (Wildman–Crippen MR) is 89.8 cm³/mol. The van der Waals surface area contributed by atoms with Crippen molar-refractivity contribution in [3.63, 3.8) is 0 Å². The van der Waals surface area contributed by atoms with E-state index in [4.69, 9.17) is 4.74 Å². The van der Waals surface area contributed by atoms with E-state index in [0.29, 0.717) is 24.0 Å². The number of rotatable bonds is 6. The lowest BCUT2D eigenvalue weighted by Gasteiger charge is -2.39. The van der Waals surface area contributed by atoms with Gasteiger partial charge in [-0.25, -0.2) is 0 Å². The van der Waals surface area contributed by atoms with Crippen molar-refractivity contribution < 1.29 is 9.53 Å². The maximum absolute atomic E-state index is 11.9.